The highest BCUT2D eigenvalue weighted by atomic mass is 79.9. The summed E-state index contributed by atoms with van der Waals surface area (Å²) < 4.78 is 1.07. The summed E-state index contributed by atoms with van der Waals surface area (Å²) in [4.78, 5) is 9.44. The van der Waals surface area contributed by atoms with Crippen LogP contribution in [0.15, 0.2) is 40.2 Å². The van der Waals surface area contributed by atoms with Gasteiger partial charge >= 0.3 is 0 Å². The minimum Gasteiger partial charge on any atom is -0.368 e. The standard InChI is InChI=1S/C14H13BrN4S/c1-8(9-2-4-10(15)5-3-9)17-12-11-6-7-20-13(11)19-14(16)18-12/h2-8H,1H3,(H3,16,17,18,19). The first-order valence-electron chi connectivity index (χ1n) is 6.16. The Labute approximate surface area is 129 Å². The van der Waals surface area contributed by atoms with Crippen LogP contribution in [0.1, 0.15) is 18.5 Å². The smallest absolute Gasteiger partial charge is 0.223 e. The lowest BCUT2D eigenvalue weighted by molar-refractivity contribution is 0.876. The number of anilines is 2. The molecule has 20 heavy (non-hydrogen) atoms. The number of halogens is 1. The van der Waals surface area contributed by atoms with E-state index >= 15 is 0 Å². The topological polar surface area (TPSA) is 63.8 Å². The van der Waals surface area contributed by atoms with E-state index in [1.807, 2.05) is 23.6 Å². The second kappa shape index (κ2) is 5.38. The van der Waals surface area contributed by atoms with Crippen molar-refractivity contribution in [1.29, 1.82) is 0 Å². The molecule has 0 radical (unpaired) electrons. The number of hydrogen-bond acceptors (Lipinski definition) is 5. The summed E-state index contributed by atoms with van der Waals surface area (Å²) in [6.45, 7) is 2.10. The van der Waals surface area contributed by atoms with Crippen LogP contribution < -0.4 is 11.1 Å². The van der Waals surface area contributed by atoms with E-state index in [-0.39, 0.29) is 6.04 Å². The zero-order valence-corrected chi connectivity index (χ0v) is 13.2. The Morgan fingerprint density at radius 2 is 1.95 bits per heavy atom. The molecule has 102 valence electrons. The van der Waals surface area contributed by atoms with Gasteiger partial charge < -0.3 is 11.1 Å². The van der Waals surface area contributed by atoms with Gasteiger partial charge in [0.2, 0.25) is 5.95 Å². The van der Waals surface area contributed by atoms with Crippen LogP contribution in [0.2, 0.25) is 0 Å². The van der Waals surface area contributed by atoms with Gasteiger partial charge in [0.25, 0.3) is 0 Å². The highest BCUT2D eigenvalue weighted by Gasteiger charge is 2.11. The second-order valence-electron chi connectivity index (χ2n) is 4.49. The van der Waals surface area contributed by atoms with Crippen LogP contribution in [0.3, 0.4) is 0 Å². The number of benzene rings is 1. The van der Waals surface area contributed by atoms with Gasteiger partial charge in [0.1, 0.15) is 10.6 Å². The molecule has 1 aromatic carbocycles. The largest absolute Gasteiger partial charge is 0.368 e. The van der Waals surface area contributed by atoms with Gasteiger partial charge in [0, 0.05) is 10.5 Å². The fourth-order valence-corrected chi connectivity index (χ4v) is 3.06. The number of aromatic nitrogens is 2. The Balaban J connectivity index is 1.92. The summed E-state index contributed by atoms with van der Waals surface area (Å²) >= 11 is 5.01. The number of thiophene rings is 1. The molecule has 1 atom stereocenters. The van der Waals surface area contributed by atoms with Crippen molar-refractivity contribution in [2.24, 2.45) is 0 Å². The lowest BCUT2D eigenvalue weighted by Gasteiger charge is -2.16. The maximum absolute atomic E-state index is 5.76. The molecule has 2 heterocycles. The van der Waals surface area contributed by atoms with Gasteiger partial charge in [-0.25, -0.2) is 4.98 Å². The summed E-state index contributed by atoms with van der Waals surface area (Å²) in [7, 11) is 0. The van der Waals surface area contributed by atoms with E-state index in [0.29, 0.717) is 5.95 Å². The third-order valence-electron chi connectivity index (χ3n) is 3.07. The van der Waals surface area contributed by atoms with Gasteiger partial charge in [0.05, 0.1) is 5.39 Å². The molecule has 0 spiro atoms. The lowest BCUT2D eigenvalue weighted by Crippen LogP contribution is -2.09. The number of hydrogen-bond donors (Lipinski definition) is 2. The molecule has 0 aliphatic heterocycles. The van der Waals surface area contributed by atoms with Crippen molar-refractivity contribution in [3.8, 4) is 0 Å². The predicted octanol–water partition coefficient (Wildman–Crippen LogP) is 4.21. The fourth-order valence-electron chi connectivity index (χ4n) is 2.02. The van der Waals surface area contributed by atoms with Crippen LogP contribution >= 0.6 is 27.3 Å². The van der Waals surface area contributed by atoms with Crippen molar-refractivity contribution in [2.75, 3.05) is 11.1 Å². The number of nitrogens with zero attached hydrogens (tertiary/aromatic N) is 2. The first kappa shape index (κ1) is 13.3. The van der Waals surface area contributed by atoms with Crippen molar-refractivity contribution >= 4 is 49.2 Å². The third-order valence-corrected chi connectivity index (χ3v) is 4.40. The highest BCUT2D eigenvalue weighted by molar-refractivity contribution is 9.10. The van der Waals surface area contributed by atoms with Crippen LogP contribution in [-0.4, -0.2) is 9.97 Å². The summed E-state index contributed by atoms with van der Waals surface area (Å²) in [6.07, 6.45) is 0. The molecular weight excluding hydrogens is 336 g/mol. The van der Waals surface area contributed by atoms with Crippen LogP contribution in [0.5, 0.6) is 0 Å². The fraction of sp³-hybridized carbons (Fsp3) is 0.143. The first-order valence-corrected chi connectivity index (χ1v) is 7.83. The Kier molecular flexibility index (Phi) is 3.58. The minimum absolute atomic E-state index is 0.139. The molecule has 0 fully saturated rings. The quantitative estimate of drug-likeness (QED) is 0.744. The molecule has 0 saturated carbocycles. The van der Waals surface area contributed by atoms with E-state index < -0.39 is 0 Å². The van der Waals surface area contributed by atoms with Crippen molar-refractivity contribution in [3.63, 3.8) is 0 Å². The number of nitrogen functional groups attached to an aromatic ring is 1. The molecule has 3 aromatic rings. The van der Waals surface area contributed by atoms with Crippen molar-refractivity contribution in [2.45, 2.75) is 13.0 Å². The predicted molar refractivity (Wildman–Crippen MR) is 88.0 cm³/mol. The molecule has 4 nitrogen and oxygen atoms in total. The van der Waals surface area contributed by atoms with Gasteiger partial charge in [-0.3, -0.25) is 0 Å². The molecule has 3 N–H and O–H groups in total. The molecule has 0 bridgehead atoms. The molecule has 2 aromatic heterocycles. The number of fused-ring (bicyclic) bond motifs is 1. The van der Waals surface area contributed by atoms with E-state index in [0.717, 1.165) is 20.5 Å². The average molecular weight is 349 g/mol. The van der Waals surface area contributed by atoms with Crippen LogP contribution in [-0.2, 0) is 0 Å². The Morgan fingerprint density at radius 3 is 2.70 bits per heavy atom. The number of nitrogens with two attached hydrogens (primary N) is 1. The zero-order chi connectivity index (χ0) is 14.1. The van der Waals surface area contributed by atoms with Gasteiger partial charge in [0.15, 0.2) is 0 Å². The molecule has 6 heteroatoms. The zero-order valence-electron chi connectivity index (χ0n) is 10.8. The second-order valence-corrected chi connectivity index (χ2v) is 6.30. The molecule has 1 unspecified atom stereocenters. The Bertz CT molecular complexity index is 739. The number of nitrogens with one attached hydrogen (secondary N) is 1. The molecular formula is C14H13BrN4S. The molecule has 0 aliphatic carbocycles. The van der Waals surface area contributed by atoms with E-state index in [9.17, 15) is 0 Å². The van der Waals surface area contributed by atoms with Crippen molar-refractivity contribution in [1.82, 2.24) is 9.97 Å². The van der Waals surface area contributed by atoms with Crippen LogP contribution in [0.25, 0.3) is 10.2 Å². The summed E-state index contributed by atoms with van der Waals surface area (Å²) in [5, 5.41) is 6.41. The maximum atomic E-state index is 5.76. The SMILES string of the molecule is CC(Nc1nc(N)nc2sccc12)c1ccc(Br)cc1. The lowest BCUT2D eigenvalue weighted by atomic mass is 10.1. The molecule has 0 amide bonds. The number of rotatable bonds is 3. The van der Waals surface area contributed by atoms with E-state index in [1.54, 1.807) is 11.3 Å². The van der Waals surface area contributed by atoms with Crippen molar-refractivity contribution < 1.29 is 0 Å². The van der Waals surface area contributed by atoms with Gasteiger partial charge in [-0.15, -0.1) is 11.3 Å². The molecule has 3 rings (SSSR count). The molecule has 0 aliphatic rings. The minimum atomic E-state index is 0.139. The first-order chi connectivity index (χ1) is 9.63. The van der Waals surface area contributed by atoms with Gasteiger partial charge in [-0.05, 0) is 36.1 Å². The van der Waals surface area contributed by atoms with E-state index in [1.165, 1.54) is 5.56 Å². The average Bonchev–Trinajstić information content (AvgIpc) is 2.87. The maximum Gasteiger partial charge on any atom is 0.223 e. The van der Waals surface area contributed by atoms with Gasteiger partial charge in [-0.1, -0.05) is 28.1 Å². The van der Waals surface area contributed by atoms with Crippen molar-refractivity contribution in [3.05, 3.63) is 45.7 Å². The summed E-state index contributed by atoms with van der Waals surface area (Å²) in [6, 6.07) is 10.4. The monoisotopic (exact) mass is 348 g/mol. The normalized spacial score (nSPS) is 12.5. The van der Waals surface area contributed by atoms with Crippen LogP contribution in [0, 0.1) is 0 Å². The van der Waals surface area contributed by atoms with E-state index in [4.69, 9.17) is 5.73 Å². The molecule has 0 saturated heterocycles. The summed E-state index contributed by atoms with van der Waals surface area (Å²) in [5.74, 6) is 1.08. The highest BCUT2D eigenvalue weighted by Crippen LogP contribution is 2.28. The van der Waals surface area contributed by atoms with Crippen LogP contribution in [0.4, 0.5) is 11.8 Å². The van der Waals surface area contributed by atoms with E-state index in [2.05, 4.69) is 50.3 Å². The summed E-state index contributed by atoms with van der Waals surface area (Å²) in [5.41, 5.74) is 6.95. The third kappa shape index (κ3) is 2.62. The Hall–Kier alpha value is -1.66. The van der Waals surface area contributed by atoms with Gasteiger partial charge in [-0.2, -0.15) is 4.98 Å². The Morgan fingerprint density at radius 1 is 1.20 bits per heavy atom.